The standard InChI is InChI=1S/C15H18N4/c1-10-5-3-6-12-11(2)9-14-18-17-13(7-4-8-16)19(14)15(10)12/h3,5-6,9H,4,7-8,16H2,1-2H3. The van der Waals surface area contributed by atoms with Crippen molar-refractivity contribution in [3.05, 3.63) is 41.2 Å². The molecule has 0 aliphatic heterocycles. The van der Waals surface area contributed by atoms with Gasteiger partial charge in [0, 0.05) is 11.8 Å². The average Bonchev–Trinajstić information content (AvgIpc) is 2.79. The van der Waals surface area contributed by atoms with E-state index in [9.17, 15) is 0 Å². The molecule has 4 heteroatoms. The van der Waals surface area contributed by atoms with Crippen LogP contribution in [-0.2, 0) is 6.42 Å². The first-order chi connectivity index (χ1) is 9.22. The van der Waals surface area contributed by atoms with E-state index in [0.717, 1.165) is 24.3 Å². The van der Waals surface area contributed by atoms with Crippen LogP contribution < -0.4 is 5.73 Å². The highest BCUT2D eigenvalue weighted by molar-refractivity contribution is 5.88. The predicted octanol–water partition coefficient (Wildman–Crippen LogP) is 2.39. The summed E-state index contributed by atoms with van der Waals surface area (Å²) in [7, 11) is 0. The summed E-state index contributed by atoms with van der Waals surface area (Å²) < 4.78 is 2.17. The normalized spacial score (nSPS) is 11.5. The van der Waals surface area contributed by atoms with Gasteiger partial charge < -0.3 is 5.73 Å². The zero-order valence-electron chi connectivity index (χ0n) is 11.3. The van der Waals surface area contributed by atoms with Gasteiger partial charge in [-0.3, -0.25) is 4.40 Å². The number of para-hydroxylation sites is 1. The van der Waals surface area contributed by atoms with Gasteiger partial charge in [-0.15, -0.1) is 10.2 Å². The van der Waals surface area contributed by atoms with Crippen LogP contribution in [0.1, 0.15) is 23.4 Å². The molecule has 4 nitrogen and oxygen atoms in total. The molecule has 3 aromatic rings. The lowest BCUT2D eigenvalue weighted by molar-refractivity contribution is 0.775. The number of benzene rings is 1. The Labute approximate surface area is 112 Å². The van der Waals surface area contributed by atoms with Gasteiger partial charge in [0.25, 0.3) is 0 Å². The van der Waals surface area contributed by atoms with Gasteiger partial charge in [-0.1, -0.05) is 18.2 Å². The molecule has 0 fully saturated rings. The molecule has 0 spiro atoms. The van der Waals surface area contributed by atoms with Crippen molar-refractivity contribution in [2.24, 2.45) is 5.73 Å². The summed E-state index contributed by atoms with van der Waals surface area (Å²) in [6.45, 7) is 4.93. The minimum atomic E-state index is 0.678. The van der Waals surface area contributed by atoms with E-state index in [2.05, 4.69) is 52.7 Å². The Morgan fingerprint density at radius 3 is 2.79 bits per heavy atom. The van der Waals surface area contributed by atoms with Crippen molar-refractivity contribution >= 4 is 16.6 Å². The first-order valence-electron chi connectivity index (χ1n) is 6.65. The zero-order chi connectivity index (χ0) is 13.4. The Hall–Kier alpha value is -1.94. The average molecular weight is 254 g/mol. The van der Waals surface area contributed by atoms with Crippen LogP contribution in [0.25, 0.3) is 16.6 Å². The number of nitrogens with zero attached hydrogens (tertiary/aromatic N) is 3. The largest absolute Gasteiger partial charge is 0.330 e. The van der Waals surface area contributed by atoms with Gasteiger partial charge in [0.1, 0.15) is 5.82 Å². The molecule has 0 atom stereocenters. The highest BCUT2D eigenvalue weighted by Crippen LogP contribution is 2.24. The molecule has 0 saturated heterocycles. The number of hydrogen-bond acceptors (Lipinski definition) is 3. The van der Waals surface area contributed by atoms with E-state index in [1.807, 2.05) is 0 Å². The summed E-state index contributed by atoms with van der Waals surface area (Å²) in [6, 6.07) is 8.48. The third kappa shape index (κ3) is 1.88. The van der Waals surface area contributed by atoms with E-state index < -0.39 is 0 Å². The lowest BCUT2D eigenvalue weighted by atomic mass is 10.1. The van der Waals surface area contributed by atoms with E-state index in [0.29, 0.717) is 6.54 Å². The van der Waals surface area contributed by atoms with Crippen LogP contribution in [0.15, 0.2) is 24.3 Å². The first-order valence-corrected chi connectivity index (χ1v) is 6.65. The van der Waals surface area contributed by atoms with Crippen LogP contribution in [-0.4, -0.2) is 21.1 Å². The number of aromatic nitrogens is 3. The van der Waals surface area contributed by atoms with E-state index in [4.69, 9.17) is 5.73 Å². The third-order valence-electron chi connectivity index (χ3n) is 3.59. The van der Waals surface area contributed by atoms with Gasteiger partial charge in [0.15, 0.2) is 5.65 Å². The highest BCUT2D eigenvalue weighted by atomic mass is 15.2. The van der Waals surface area contributed by atoms with E-state index in [1.165, 1.54) is 22.0 Å². The number of pyridine rings is 1. The molecular weight excluding hydrogens is 236 g/mol. The molecule has 98 valence electrons. The van der Waals surface area contributed by atoms with Crippen LogP contribution in [0.4, 0.5) is 0 Å². The Bertz CT molecular complexity index is 743. The number of fused-ring (bicyclic) bond motifs is 3. The molecule has 0 unspecified atom stereocenters. The van der Waals surface area contributed by atoms with Crippen LogP contribution >= 0.6 is 0 Å². The molecule has 1 aromatic carbocycles. The van der Waals surface area contributed by atoms with Gasteiger partial charge >= 0.3 is 0 Å². The van der Waals surface area contributed by atoms with Gasteiger partial charge in [0.2, 0.25) is 0 Å². The molecule has 0 radical (unpaired) electrons. The fraction of sp³-hybridized carbons (Fsp3) is 0.333. The lowest BCUT2D eigenvalue weighted by Crippen LogP contribution is -2.04. The van der Waals surface area contributed by atoms with Crippen molar-refractivity contribution in [3.8, 4) is 0 Å². The van der Waals surface area contributed by atoms with Crippen LogP contribution in [0.3, 0.4) is 0 Å². The maximum absolute atomic E-state index is 5.60. The van der Waals surface area contributed by atoms with Gasteiger partial charge in [-0.05, 0) is 44.0 Å². The molecular formula is C15H18N4. The Morgan fingerprint density at radius 2 is 2.00 bits per heavy atom. The molecule has 2 N–H and O–H groups in total. The first kappa shape index (κ1) is 12.1. The van der Waals surface area contributed by atoms with Crippen molar-refractivity contribution in [3.63, 3.8) is 0 Å². The summed E-state index contributed by atoms with van der Waals surface area (Å²) in [6.07, 6.45) is 1.80. The van der Waals surface area contributed by atoms with Crippen molar-refractivity contribution in [1.29, 1.82) is 0 Å². The maximum atomic E-state index is 5.60. The number of aryl methyl sites for hydroxylation is 3. The van der Waals surface area contributed by atoms with Gasteiger partial charge in [0.05, 0.1) is 5.52 Å². The van der Waals surface area contributed by atoms with Crippen molar-refractivity contribution in [2.75, 3.05) is 6.54 Å². The van der Waals surface area contributed by atoms with Crippen molar-refractivity contribution in [1.82, 2.24) is 14.6 Å². The van der Waals surface area contributed by atoms with Crippen LogP contribution in [0.2, 0.25) is 0 Å². The zero-order valence-corrected chi connectivity index (χ0v) is 11.3. The molecule has 2 heterocycles. The summed E-state index contributed by atoms with van der Waals surface area (Å²) in [5, 5.41) is 9.88. The van der Waals surface area contributed by atoms with Crippen molar-refractivity contribution in [2.45, 2.75) is 26.7 Å². The smallest absolute Gasteiger partial charge is 0.161 e. The molecule has 0 aliphatic rings. The molecule has 0 amide bonds. The summed E-state index contributed by atoms with van der Waals surface area (Å²) in [5.74, 6) is 1.000. The molecule has 3 rings (SSSR count). The molecule has 19 heavy (non-hydrogen) atoms. The van der Waals surface area contributed by atoms with Crippen molar-refractivity contribution < 1.29 is 0 Å². The maximum Gasteiger partial charge on any atom is 0.161 e. The van der Waals surface area contributed by atoms with E-state index in [1.54, 1.807) is 0 Å². The van der Waals surface area contributed by atoms with Gasteiger partial charge in [-0.2, -0.15) is 0 Å². The third-order valence-corrected chi connectivity index (χ3v) is 3.59. The molecule has 2 aromatic heterocycles. The molecule has 0 aliphatic carbocycles. The minimum absolute atomic E-state index is 0.678. The quantitative estimate of drug-likeness (QED) is 0.780. The number of nitrogens with two attached hydrogens (primary N) is 1. The fourth-order valence-corrected chi connectivity index (χ4v) is 2.63. The Morgan fingerprint density at radius 1 is 1.16 bits per heavy atom. The number of hydrogen-bond donors (Lipinski definition) is 1. The second-order valence-electron chi connectivity index (χ2n) is 5.00. The Kier molecular flexibility index (Phi) is 2.95. The summed E-state index contributed by atoms with van der Waals surface area (Å²) in [4.78, 5) is 0. The monoisotopic (exact) mass is 254 g/mol. The van der Waals surface area contributed by atoms with E-state index >= 15 is 0 Å². The lowest BCUT2D eigenvalue weighted by Gasteiger charge is -2.10. The van der Waals surface area contributed by atoms with Crippen LogP contribution in [0, 0.1) is 13.8 Å². The minimum Gasteiger partial charge on any atom is -0.330 e. The molecule has 0 bridgehead atoms. The Balaban J connectivity index is 2.38. The second-order valence-corrected chi connectivity index (χ2v) is 5.00. The second kappa shape index (κ2) is 4.63. The summed E-state index contributed by atoms with van der Waals surface area (Å²) >= 11 is 0. The number of rotatable bonds is 3. The topological polar surface area (TPSA) is 56.2 Å². The predicted molar refractivity (Wildman–Crippen MR) is 77.3 cm³/mol. The summed E-state index contributed by atoms with van der Waals surface area (Å²) in [5.41, 5.74) is 10.2. The fourth-order valence-electron chi connectivity index (χ4n) is 2.63. The van der Waals surface area contributed by atoms with E-state index in [-0.39, 0.29) is 0 Å². The molecule has 0 saturated carbocycles. The SMILES string of the molecule is Cc1cc2nnc(CCCN)n2c2c(C)cccc12. The van der Waals surface area contributed by atoms with Gasteiger partial charge in [-0.25, -0.2) is 0 Å². The highest BCUT2D eigenvalue weighted by Gasteiger charge is 2.11. The van der Waals surface area contributed by atoms with Crippen LogP contribution in [0.5, 0.6) is 0 Å².